The van der Waals surface area contributed by atoms with E-state index in [0.29, 0.717) is 0 Å². The van der Waals surface area contributed by atoms with E-state index in [1.54, 1.807) is 0 Å². The van der Waals surface area contributed by atoms with Crippen molar-refractivity contribution >= 4 is 8.25 Å². The van der Waals surface area contributed by atoms with Crippen LogP contribution in [0.5, 0.6) is 0 Å². The molecule has 0 aromatic carbocycles. The number of aromatic amines is 1. The van der Waals surface area contributed by atoms with Gasteiger partial charge in [0.05, 0.1) is 6.10 Å². The van der Waals surface area contributed by atoms with Crippen molar-refractivity contribution in [2.75, 3.05) is 7.11 Å². The van der Waals surface area contributed by atoms with Crippen LogP contribution < -0.4 is 11.2 Å². The lowest BCUT2D eigenvalue weighted by molar-refractivity contribution is -0.0817. The van der Waals surface area contributed by atoms with Gasteiger partial charge in [-0.05, 0) is 6.92 Å². The Morgan fingerprint density at radius 3 is 2.64 bits per heavy atom. The molecule has 124 valence electrons. The molecular formula is C11H17N2O8P. The molecule has 10 nitrogen and oxygen atoms in total. The highest BCUT2D eigenvalue weighted by Crippen LogP contribution is 2.37. The summed E-state index contributed by atoms with van der Waals surface area (Å²) in [6.07, 6.45) is -3.81. The molecule has 0 amide bonds. The third-order valence-electron chi connectivity index (χ3n) is 3.34. The number of hydrogen-bond donors (Lipinski definition) is 3. The molecule has 11 heteroatoms. The number of H-pyrrole nitrogens is 1. The Morgan fingerprint density at radius 1 is 1.45 bits per heavy atom. The lowest BCUT2D eigenvalue weighted by atomic mass is 10.1. The van der Waals surface area contributed by atoms with Crippen LogP contribution >= 0.6 is 8.25 Å². The molecule has 1 aromatic heterocycles. The van der Waals surface area contributed by atoms with Crippen LogP contribution in [0.25, 0.3) is 0 Å². The first-order valence-electron chi connectivity index (χ1n) is 6.42. The van der Waals surface area contributed by atoms with E-state index < -0.39 is 50.1 Å². The molecule has 1 aromatic rings. The van der Waals surface area contributed by atoms with Gasteiger partial charge in [-0.15, -0.1) is 0 Å². The van der Waals surface area contributed by atoms with Crippen molar-refractivity contribution in [1.29, 1.82) is 0 Å². The van der Waals surface area contributed by atoms with E-state index in [1.807, 2.05) is 0 Å². The number of methoxy groups -OCH3 is 1. The van der Waals surface area contributed by atoms with Crippen molar-refractivity contribution in [2.24, 2.45) is 0 Å². The van der Waals surface area contributed by atoms with Crippen molar-refractivity contribution in [1.82, 2.24) is 9.55 Å². The molecule has 0 bridgehead atoms. The molecule has 3 N–H and O–H groups in total. The van der Waals surface area contributed by atoms with Gasteiger partial charge < -0.3 is 24.0 Å². The first-order chi connectivity index (χ1) is 10.3. The SMILES string of the molecule is COC1C(O[PH](=O)O)C([C@@H](C)O)OC1n1ccc(=O)[nH]c1=O. The zero-order valence-electron chi connectivity index (χ0n) is 11.8. The molecule has 6 atom stereocenters. The zero-order chi connectivity index (χ0) is 16.4. The molecule has 0 radical (unpaired) electrons. The van der Waals surface area contributed by atoms with Gasteiger partial charge in [-0.3, -0.25) is 18.9 Å². The first kappa shape index (κ1) is 17.1. The van der Waals surface area contributed by atoms with Crippen molar-refractivity contribution in [2.45, 2.75) is 37.6 Å². The van der Waals surface area contributed by atoms with E-state index in [2.05, 4.69) is 4.98 Å². The van der Waals surface area contributed by atoms with Gasteiger partial charge >= 0.3 is 13.9 Å². The summed E-state index contributed by atoms with van der Waals surface area (Å²) in [6.45, 7) is 1.42. The number of aliphatic hydroxyl groups excluding tert-OH is 1. The molecule has 0 saturated carbocycles. The summed E-state index contributed by atoms with van der Waals surface area (Å²) in [6, 6.07) is 1.12. The minimum Gasteiger partial charge on any atom is -0.391 e. The van der Waals surface area contributed by atoms with Crippen molar-refractivity contribution in [3.63, 3.8) is 0 Å². The fourth-order valence-electron chi connectivity index (χ4n) is 2.41. The number of aliphatic hydroxyl groups is 1. The number of nitrogens with one attached hydrogen (secondary N) is 1. The van der Waals surface area contributed by atoms with Crippen LogP contribution in [-0.4, -0.2) is 51.1 Å². The maximum absolute atomic E-state index is 11.9. The maximum Gasteiger partial charge on any atom is 0.330 e. The summed E-state index contributed by atoms with van der Waals surface area (Å²) in [7, 11) is -2.00. The lowest BCUT2D eigenvalue weighted by Gasteiger charge is -2.23. The van der Waals surface area contributed by atoms with E-state index in [0.717, 1.165) is 10.6 Å². The predicted octanol–water partition coefficient (Wildman–Crippen LogP) is -1.40. The fraction of sp³-hybridized carbons (Fsp3) is 0.636. The smallest absolute Gasteiger partial charge is 0.330 e. The molecule has 1 fully saturated rings. The number of rotatable bonds is 5. The number of ether oxygens (including phenoxy) is 2. The molecule has 1 aliphatic heterocycles. The normalized spacial score (nSPS) is 31.1. The Balaban J connectivity index is 2.41. The van der Waals surface area contributed by atoms with Gasteiger partial charge in [-0.1, -0.05) is 0 Å². The Bertz CT molecular complexity index is 656. The Hall–Kier alpha value is -1.29. The quantitative estimate of drug-likeness (QED) is 0.558. The largest absolute Gasteiger partial charge is 0.391 e. The van der Waals surface area contributed by atoms with Crippen LogP contribution in [0.15, 0.2) is 21.9 Å². The Morgan fingerprint density at radius 2 is 2.14 bits per heavy atom. The molecule has 2 heterocycles. The second-order valence-electron chi connectivity index (χ2n) is 4.80. The number of nitrogens with zero attached hydrogens (tertiary/aromatic N) is 1. The average molecular weight is 336 g/mol. The molecule has 1 saturated heterocycles. The predicted molar refractivity (Wildman–Crippen MR) is 73.8 cm³/mol. The topological polar surface area (TPSA) is 140 Å². The molecule has 0 spiro atoms. The van der Waals surface area contributed by atoms with E-state index in [4.69, 9.17) is 18.9 Å². The summed E-state index contributed by atoms with van der Waals surface area (Å²) in [5, 5.41) is 9.75. The standard InChI is InChI=1S/C11H17N2O8P/c1-5(14)7-8(21-22(17)18)9(19-2)10(20-7)13-4-3-6(15)12-11(13)16/h3-5,7-10,14,22H,1-2H3,(H,17,18)(H,12,15,16)/t5-,7?,8?,9?,10?/m1/s1. The van der Waals surface area contributed by atoms with Crippen molar-refractivity contribution < 1.29 is 28.6 Å². The zero-order valence-corrected chi connectivity index (χ0v) is 12.8. The summed E-state index contributed by atoms with van der Waals surface area (Å²) in [5.41, 5.74) is -1.31. The summed E-state index contributed by atoms with van der Waals surface area (Å²) < 4.78 is 27.7. The second-order valence-corrected chi connectivity index (χ2v) is 5.57. The Labute approximate surface area is 125 Å². The molecule has 2 rings (SSSR count). The summed E-state index contributed by atoms with van der Waals surface area (Å²) >= 11 is 0. The monoisotopic (exact) mass is 336 g/mol. The summed E-state index contributed by atoms with van der Waals surface area (Å²) in [4.78, 5) is 34.0. The van der Waals surface area contributed by atoms with Gasteiger partial charge in [0, 0.05) is 19.4 Å². The van der Waals surface area contributed by atoms with Crippen LogP contribution in [0.1, 0.15) is 13.2 Å². The van der Waals surface area contributed by atoms with Gasteiger partial charge in [-0.25, -0.2) is 4.79 Å². The van der Waals surface area contributed by atoms with E-state index in [9.17, 15) is 19.3 Å². The van der Waals surface area contributed by atoms with E-state index in [1.165, 1.54) is 20.2 Å². The second kappa shape index (κ2) is 6.86. The van der Waals surface area contributed by atoms with Crippen LogP contribution in [0, 0.1) is 0 Å². The van der Waals surface area contributed by atoms with Crippen LogP contribution in [0.2, 0.25) is 0 Å². The van der Waals surface area contributed by atoms with Gasteiger partial charge in [0.25, 0.3) is 5.56 Å². The number of aromatic nitrogens is 2. The highest BCUT2D eigenvalue weighted by molar-refractivity contribution is 7.32. The minimum atomic E-state index is -3.31. The lowest BCUT2D eigenvalue weighted by Crippen LogP contribution is -2.40. The molecule has 5 unspecified atom stereocenters. The highest BCUT2D eigenvalue weighted by Gasteiger charge is 2.49. The van der Waals surface area contributed by atoms with Crippen LogP contribution in [-0.2, 0) is 18.6 Å². The highest BCUT2D eigenvalue weighted by atomic mass is 31.1. The number of hydrogen-bond acceptors (Lipinski definition) is 7. The fourth-order valence-corrected chi connectivity index (χ4v) is 2.91. The van der Waals surface area contributed by atoms with Gasteiger partial charge in [0.1, 0.15) is 18.3 Å². The molecular weight excluding hydrogens is 319 g/mol. The Kier molecular flexibility index (Phi) is 5.32. The minimum absolute atomic E-state index is 0.575. The van der Waals surface area contributed by atoms with Gasteiger partial charge in [0.2, 0.25) is 0 Å². The molecule has 0 aliphatic carbocycles. The maximum atomic E-state index is 11.9. The van der Waals surface area contributed by atoms with E-state index >= 15 is 0 Å². The molecule has 22 heavy (non-hydrogen) atoms. The molecule has 1 aliphatic rings. The summed E-state index contributed by atoms with van der Waals surface area (Å²) in [5.74, 6) is 0. The average Bonchev–Trinajstić information content (AvgIpc) is 2.76. The van der Waals surface area contributed by atoms with Crippen LogP contribution in [0.3, 0.4) is 0 Å². The van der Waals surface area contributed by atoms with Gasteiger partial charge in [0.15, 0.2) is 6.23 Å². The first-order valence-corrected chi connectivity index (χ1v) is 7.69. The third kappa shape index (κ3) is 3.37. The van der Waals surface area contributed by atoms with Crippen LogP contribution in [0.4, 0.5) is 0 Å². The third-order valence-corrected chi connectivity index (χ3v) is 3.81. The van der Waals surface area contributed by atoms with Crippen molar-refractivity contribution in [3.05, 3.63) is 33.1 Å². The van der Waals surface area contributed by atoms with Gasteiger partial charge in [-0.2, -0.15) is 0 Å². The van der Waals surface area contributed by atoms with E-state index in [-0.39, 0.29) is 0 Å². The van der Waals surface area contributed by atoms with Crippen molar-refractivity contribution in [3.8, 4) is 0 Å².